The Morgan fingerprint density at radius 2 is 2.00 bits per heavy atom. The van der Waals surface area contributed by atoms with E-state index in [9.17, 15) is 9.90 Å². The summed E-state index contributed by atoms with van der Waals surface area (Å²) in [4.78, 5) is 15.4. The van der Waals surface area contributed by atoms with Gasteiger partial charge in [-0.2, -0.15) is 0 Å². The number of hydrogen-bond donors (Lipinski definition) is 2. The first-order chi connectivity index (χ1) is 8.66. The Bertz CT molecular complexity index is 541. The van der Waals surface area contributed by atoms with Crippen molar-refractivity contribution in [2.24, 2.45) is 0 Å². The third-order valence-corrected chi connectivity index (χ3v) is 2.59. The Kier molecular flexibility index (Phi) is 3.57. The SMILES string of the molecule is Cc1cc(NC(C(=O)O)c2ccccc2)ccn1. The largest absolute Gasteiger partial charge is 0.479 e. The Morgan fingerprint density at radius 1 is 1.28 bits per heavy atom. The minimum Gasteiger partial charge on any atom is -0.479 e. The molecule has 0 aliphatic heterocycles. The fourth-order valence-corrected chi connectivity index (χ4v) is 1.74. The van der Waals surface area contributed by atoms with E-state index < -0.39 is 12.0 Å². The molecule has 2 rings (SSSR count). The summed E-state index contributed by atoms with van der Waals surface area (Å²) >= 11 is 0. The first kappa shape index (κ1) is 12.1. The molecular weight excluding hydrogens is 228 g/mol. The van der Waals surface area contributed by atoms with Crippen LogP contribution in [0.2, 0.25) is 0 Å². The third kappa shape index (κ3) is 2.85. The predicted molar refractivity (Wildman–Crippen MR) is 69.4 cm³/mol. The number of nitrogens with one attached hydrogen (secondary N) is 1. The van der Waals surface area contributed by atoms with Crippen LogP contribution in [-0.4, -0.2) is 16.1 Å². The first-order valence-corrected chi connectivity index (χ1v) is 5.64. The molecule has 2 N–H and O–H groups in total. The minimum atomic E-state index is -0.907. The van der Waals surface area contributed by atoms with Gasteiger partial charge < -0.3 is 10.4 Å². The maximum atomic E-state index is 11.3. The van der Waals surface area contributed by atoms with Crippen molar-refractivity contribution in [2.75, 3.05) is 5.32 Å². The van der Waals surface area contributed by atoms with Crippen molar-refractivity contribution in [1.29, 1.82) is 0 Å². The fourth-order valence-electron chi connectivity index (χ4n) is 1.74. The molecule has 0 radical (unpaired) electrons. The number of pyridine rings is 1. The van der Waals surface area contributed by atoms with Crippen LogP contribution in [0, 0.1) is 6.92 Å². The van der Waals surface area contributed by atoms with Crippen molar-refractivity contribution < 1.29 is 9.90 Å². The number of carbonyl (C=O) groups is 1. The summed E-state index contributed by atoms with van der Waals surface area (Å²) in [5.41, 5.74) is 2.32. The van der Waals surface area contributed by atoms with Crippen LogP contribution in [0.3, 0.4) is 0 Å². The molecule has 0 bridgehead atoms. The number of anilines is 1. The molecule has 4 heteroatoms. The van der Waals surface area contributed by atoms with E-state index >= 15 is 0 Å². The van der Waals surface area contributed by atoms with Gasteiger partial charge in [0.25, 0.3) is 0 Å². The van der Waals surface area contributed by atoms with E-state index in [1.165, 1.54) is 0 Å². The lowest BCUT2D eigenvalue weighted by molar-refractivity contribution is -0.138. The molecule has 2 aromatic rings. The summed E-state index contributed by atoms with van der Waals surface area (Å²) in [5, 5.41) is 12.3. The topological polar surface area (TPSA) is 62.2 Å². The van der Waals surface area contributed by atoms with E-state index in [0.29, 0.717) is 0 Å². The monoisotopic (exact) mass is 242 g/mol. The average Bonchev–Trinajstić information content (AvgIpc) is 2.37. The first-order valence-electron chi connectivity index (χ1n) is 5.64. The Morgan fingerprint density at radius 3 is 2.61 bits per heavy atom. The van der Waals surface area contributed by atoms with Crippen LogP contribution in [0.4, 0.5) is 5.69 Å². The zero-order valence-electron chi connectivity index (χ0n) is 10.00. The highest BCUT2D eigenvalue weighted by Gasteiger charge is 2.19. The summed E-state index contributed by atoms with van der Waals surface area (Å²) in [7, 11) is 0. The summed E-state index contributed by atoms with van der Waals surface area (Å²) < 4.78 is 0. The molecule has 92 valence electrons. The molecule has 0 aliphatic carbocycles. The van der Waals surface area contributed by atoms with Gasteiger partial charge in [-0.05, 0) is 24.6 Å². The van der Waals surface area contributed by atoms with Gasteiger partial charge in [0.1, 0.15) is 0 Å². The highest BCUT2D eigenvalue weighted by molar-refractivity contribution is 5.79. The van der Waals surface area contributed by atoms with Gasteiger partial charge in [0, 0.05) is 17.6 Å². The summed E-state index contributed by atoms with van der Waals surface area (Å²) in [6, 6.07) is 11.9. The lowest BCUT2D eigenvalue weighted by Gasteiger charge is -2.16. The molecule has 1 atom stereocenters. The second kappa shape index (κ2) is 5.31. The number of aromatic nitrogens is 1. The van der Waals surface area contributed by atoms with Gasteiger partial charge in [-0.3, -0.25) is 4.98 Å². The van der Waals surface area contributed by atoms with Crippen LogP contribution in [0.5, 0.6) is 0 Å². The van der Waals surface area contributed by atoms with E-state index in [0.717, 1.165) is 16.9 Å². The van der Waals surface area contributed by atoms with Gasteiger partial charge in [0.2, 0.25) is 0 Å². The highest BCUT2D eigenvalue weighted by Crippen LogP contribution is 2.19. The van der Waals surface area contributed by atoms with Crippen molar-refractivity contribution >= 4 is 11.7 Å². The quantitative estimate of drug-likeness (QED) is 0.865. The van der Waals surface area contributed by atoms with Crippen LogP contribution in [0.1, 0.15) is 17.3 Å². The van der Waals surface area contributed by atoms with E-state index in [1.54, 1.807) is 24.4 Å². The van der Waals surface area contributed by atoms with Crippen molar-refractivity contribution in [3.8, 4) is 0 Å². The summed E-state index contributed by atoms with van der Waals surface area (Å²) in [6.07, 6.45) is 1.65. The normalized spacial score (nSPS) is 11.8. The molecule has 1 heterocycles. The van der Waals surface area contributed by atoms with Crippen LogP contribution in [-0.2, 0) is 4.79 Å². The molecule has 18 heavy (non-hydrogen) atoms. The van der Waals surface area contributed by atoms with Gasteiger partial charge in [-0.15, -0.1) is 0 Å². The van der Waals surface area contributed by atoms with Crippen LogP contribution in [0.25, 0.3) is 0 Å². The van der Waals surface area contributed by atoms with E-state index in [-0.39, 0.29) is 0 Å². The molecule has 0 spiro atoms. The second-order valence-corrected chi connectivity index (χ2v) is 4.01. The fraction of sp³-hybridized carbons (Fsp3) is 0.143. The molecule has 0 saturated heterocycles. The lowest BCUT2D eigenvalue weighted by Crippen LogP contribution is -2.20. The number of carboxylic acids is 1. The van der Waals surface area contributed by atoms with Crippen molar-refractivity contribution in [1.82, 2.24) is 4.98 Å². The number of benzene rings is 1. The number of aliphatic carboxylic acids is 1. The van der Waals surface area contributed by atoms with Gasteiger partial charge in [0.15, 0.2) is 6.04 Å². The van der Waals surface area contributed by atoms with Gasteiger partial charge in [-0.25, -0.2) is 4.79 Å². The minimum absolute atomic E-state index is 0.722. The highest BCUT2D eigenvalue weighted by atomic mass is 16.4. The molecule has 1 aromatic heterocycles. The lowest BCUT2D eigenvalue weighted by atomic mass is 10.1. The summed E-state index contributed by atoms with van der Waals surface area (Å²) in [5.74, 6) is -0.907. The molecule has 0 aliphatic rings. The number of carboxylic acid groups (broad SMARTS) is 1. The molecule has 0 fully saturated rings. The summed E-state index contributed by atoms with van der Waals surface area (Å²) in [6.45, 7) is 1.86. The van der Waals surface area contributed by atoms with Gasteiger partial charge >= 0.3 is 5.97 Å². The van der Waals surface area contributed by atoms with Crippen molar-refractivity contribution in [2.45, 2.75) is 13.0 Å². The van der Waals surface area contributed by atoms with Crippen LogP contribution in [0.15, 0.2) is 48.7 Å². The molecule has 1 aromatic carbocycles. The van der Waals surface area contributed by atoms with Gasteiger partial charge in [0.05, 0.1) is 0 Å². The third-order valence-electron chi connectivity index (χ3n) is 2.59. The zero-order chi connectivity index (χ0) is 13.0. The molecule has 1 unspecified atom stereocenters. The number of aryl methyl sites for hydroxylation is 1. The van der Waals surface area contributed by atoms with Gasteiger partial charge in [-0.1, -0.05) is 30.3 Å². The standard InChI is InChI=1S/C14H14N2O2/c1-10-9-12(7-8-15-10)16-13(14(17)18)11-5-3-2-4-6-11/h2-9,13H,1H3,(H,15,16)(H,17,18). The van der Waals surface area contributed by atoms with Crippen LogP contribution >= 0.6 is 0 Å². The molecule has 0 saturated carbocycles. The van der Waals surface area contributed by atoms with E-state index in [4.69, 9.17) is 0 Å². The van der Waals surface area contributed by atoms with Crippen LogP contribution < -0.4 is 5.32 Å². The number of hydrogen-bond acceptors (Lipinski definition) is 3. The van der Waals surface area contributed by atoms with Crippen molar-refractivity contribution in [3.63, 3.8) is 0 Å². The van der Waals surface area contributed by atoms with E-state index in [2.05, 4.69) is 10.3 Å². The predicted octanol–water partition coefficient (Wildman–Crippen LogP) is 2.63. The number of nitrogens with zero attached hydrogens (tertiary/aromatic N) is 1. The zero-order valence-corrected chi connectivity index (χ0v) is 10.00. The van der Waals surface area contributed by atoms with E-state index in [1.807, 2.05) is 31.2 Å². The Labute approximate surface area is 105 Å². The smallest absolute Gasteiger partial charge is 0.330 e. The molecular formula is C14H14N2O2. The number of rotatable bonds is 4. The second-order valence-electron chi connectivity index (χ2n) is 4.01. The maximum Gasteiger partial charge on any atom is 0.330 e. The average molecular weight is 242 g/mol. The molecule has 0 amide bonds. The Hall–Kier alpha value is -2.36. The van der Waals surface area contributed by atoms with Crippen molar-refractivity contribution in [3.05, 3.63) is 59.9 Å². The Balaban J connectivity index is 2.25. The molecule has 4 nitrogen and oxygen atoms in total. The maximum absolute atomic E-state index is 11.3.